The van der Waals surface area contributed by atoms with E-state index < -0.39 is 9.84 Å². The van der Waals surface area contributed by atoms with Gasteiger partial charge in [-0.3, -0.25) is 0 Å². The molecule has 0 aromatic rings. The number of thiol groups is 1. The molecule has 12 heavy (non-hydrogen) atoms. The van der Waals surface area contributed by atoms with E-state index in [4.69, 9.17) is 0 Å². The van der Waals surface area contributed by atoms with Crippen LogP contribution in [-0.2, 0) is 9.84 Å². The van der Waals surface area contributed by atoms with Crippen LogP contribution in [0, 0.1) is 0 Å². The number of hydrogen-bond donors (Lipinski definition) is 2. The van der Waals surface area contributed by atoms with Gasteiger partial charge in [0.1, 0.15) is 14.2 Å². The molecule has 0 aromatic carbocycles. The summed E-state index contributed by atoms with van der Waals surface area (Å²) in [6.45, 7) is 0.692. The Bertz CT molecular complexity index is 235. The third-order valence-corrected chi connectivity index (χ3v) is 2.55. The molecule has 0 atom stereocenters. The molecule has 0 aromatic heterocycles. The van der Waals surface area contributed by atoms with Crippen LogP contribution in [0.3, 0.4) is 0 Å². The Morgan fingerprint density at radius 1 is 1.50 bits per heavy atom. The van der Waals surface area contributed by atoms with Crippen LogP contribution in [0.15, 0.2) is 0 Å². The van der Waals surface area contributed by atoms with Crippen molar-refractivity contribution in [3.05, 3.63) is 0 Å². The Kier molecular flexibility index (Phi) is 5.86. The minimum absolute atomic E-state index is 0.244. The molecule has 0 amide bonds. The van der Waals surface area contributed by atoms with Gasteiger partial charge >= 0.3 is 0 Å². The molecule has 0 aliphatic rings. The minimum Gasteiger partial charge on any atom is -0.371 e. The molecule has 0 saturated heterocycles. The van der Waals surface area contributed by atoms with Crippen molar-refractivity contribution in [2.45, 2.75) is 12.8 Å². The van der Waals surface area contributed by atoms with Crippen LogP contribution in [0.25, 0.3) is 0 Å². The summed E-state index contributed by atoms with van der Waals surface area (Å²) < 4.78 is 21.8. The van der Waals surface area contributed by atoms with E-state index in [-0.39, 0.29) is 5.75 Å². The van der Waals surface area contributed by atoms with E-state index in [0.717, 1.165) is 6.42 Å². The first kappa shape index (κ1) is 12.2. The lowest BCUT2D eigenvalue weighted by Gasteiger charge is -2.01. The van der Waals surface area contributed by atoms with Gasteiger partial charge < -0.3 is 5.32 Å². The number of rotatable bonds is 5. The highest BCUT2D eigenvalue weighted by Crippen LogP contribution is 1.93. The standard InChI is InChI=1S/C6H13NO2S3/c1-12(8,9)5-3-2-4-7-6(10)11/h2-5H2,1H3,(H2,7,10,11). The number of unbranched alkanes of at least 4 members (excludes halogenated alkanes) is 1. The summed E-state index contributed by atoms with van der Waals surface area (Å²) in [6, 6.07) is 0. The van der Waals surface area contributed by atoms with Gasteiger partial charge in [-0.25, -0.2) is 8.42 Å². The molecule has 6 heteroatoms. The lowest BCUT2D eigenvalue weighted by atomic mass is 10.3. The molecule has 0 rings (SSSR count). The maximum absolute atomic E-state index is 10.7. The predicted octanol–water partition coefficient (Wildman–Crippen LogP) is 0.616. The third kappa shape index (κ3) is 10.2. The van der Waals surface area contributed by atoms with Crippen molar-refractivity contribution in [3.8, 4) is 0 Å². The molecule has 0 aliphatic carbocycles. The summed E-state index contributed by atoms with van der Waals surface area (Å²) in [5.41, 5.74) is 0. The molecule has 0 aliphatic heterocycles. The molecule has 3 nitrogen and oxygen atoms in total. The van der Waals surface area contributed by atoms with Crippen molar-refractivity contribution in [3.63, 3.8) is 0 Å². The molecule has 0 radical (unpaired) electrons. The average Bonchev–Trinajstić information content (AvgIpc) is 1.83. The van der Waals surface area contributed by atoms with Gasteiger partial charge in [0.05, 0.1) is 0 Å². The van der Waals surface area contributed by atoms with Gasteiger partial charge in [0.15, 0.2) is 0 Å². The van der Waals surface area contributed by atoms with Gasteiger partial charge in [-0.2, -0.15) is 0 Å². The fraction of sp³-hybridized carbons (Fsp3) is 0.833. The van der Waals surface area contributed by atoms with E-state index in [0.29, 0.717) is 17.3 Å². The van der Waals surface area contributed by atoms with Crippen molar-refractivity contribution in [2.24, 2.45) is 0 Å². The predicted molar refractivity (Wildman–Crippen MR) is 58.5 cm³/mol. The molecule has 0 unspecified atom stereocenters. The fourth-order valence-corrected chi connectivity index (χ4v) is 1.63. The van der Waals surface area contributed by atoms with Gasteiger partial charge in [0.2, 0.25) is 0 Å². The highest BCUT2D eigenvalue weighted by Gasteiger charge is 2.00. The van der Waals surface area contributed by atoms with Crippen LogP contribution < -0.4 is 5.32 Å². The highest BCUT2D eigenvalue weighted by molar-refractivity contribution is 8.11. The van der Waals surface area contributed by atoms with E-state index >= 15 is 0 Å². The Hall–Kier alpha value is 0.190. The smallest absolute Gasteiger partial charge is 0.147 e. The average molecular weight is 227 g/mol. The van der Waals surface area contributed by atoms with Crippen LogP contribution in [0.5, 0.6) is 0 Å². The molecule has 0 spiro atoms. The Labute approximate surface area is 84.3 Å². The zero-order chi connectivity index (χ0) is 9.61. The maximum Gasteiger partial charge on any atom is 0.147 e. The summed E-state index contributed by atoms with van der Waals surface area (Å²) in [4.78, 5) is 0. The van der Waals surface area contributed by atoms with Gasteiger partial charge in [0.25, 0.3) is 0 Å². The SMILES string of the molecule is CS(=O)(=O)CCCCNC(=S)S. The largest absolute Gasteiger partial charge is 0.371 e. The first-order valence-corrected chi connectivity index (χ1v) is 6.48. The van der Waals surface area contributed by atoms with Crippen molar-refractivity contribution in [1.82, 2.24) is 5.32 Å². The Morgan fingerprint density at radius 2 is 2.08 bits per heavy atom. The quantitative estimate of drug-likeness (QED) is 0.410. The van der Waals surface area contributed by atoms with E-state index in [1.807, 2.05) is 0 Å². The highest BCUT2D eigenvalue weighted by atomic mass is 32.2. The second-order valence-corrected chi connectivity index (χ2v) is 5.99. The van der Waals surface area contributed by atoms with Gasteiger partial charge in [-0.15, -0.1) is 12.6 Å². The number of sulfone groups is 1. The zero-order valence-corrected chi connectivity index (χ0v) is 9.44. The van der Waals surface area contributed by atoms with Crippen molar-refractivity contribution in [2.75, 3.05) is 18.6 Å². The molecule has 0 fully saturated rings. The molecule has 72 valence electrons. The summed E-state index contributed by atoms with van der Waals surface area (Å²) >= 11 is 8.51. The summed E-state index contributed by atoms with van der Waals surface area (Å²) in [7, 11) is -2.80. The lowest BCUT2D eigenvalue weighted by molar-refractivity contribution is 0.597. The maximum atomic E-state index is 10.7. The van der Waals surface area contributed by atoms with Crippen molar-refractivity contribution < 1.29 is 8.42 Å². The van der Waals surface area contributed by atoms with E-state index in [1.165, 1.54) is 6.26 Å². The Morgan fingerprint density at radius 3 is 2.50 bits per heavy atom. The number of hydrogen-bond acceptors (Lipinski definition) is 3. The van der Waals surface area contributed by atoms with Gasteiger partial charge in [0, 0.05) is 18.6 Å². The monoisotopic (exact) mass is 227 g/mol. The molecular formula is C6H13NO2S3. The lowest BCUT2D eigenvalue weighted by Crippen LogP contribution is -2.18. The van der Waals surface area contributed by atoms with Crippen LogP contribution in [0.4, 0.5) is 0 Å². The van der Waals surface area contributed by atoms with Crippen molar-refractivity contribution >= 4 is 39.0 Å². The van der Waals surface area contributed by atoms with Crippen LogP contribution in [0.1, 0.15) is 12.8 Å². The van der Waals surface area contributed by atoms with E-state index in [1.54, 1.807) is 0 Å². The van der Waals surface area contributed by atoms with Gasteiger partial charge in [-0.05, 0) is 12.8 Å². The fourth-order valence-electron chi connectivity index (χ4n) is 0.685. The summed E-state index contributed by atoms with van der Waals surface area (Å²) in [6.07, 6.45) is 2.71. The molecule has 1 N–H and O–H groups in total. The summed E-state index contributed by atoms with van der Waals surface area (Å²) in [5, 5.41) is 2.83. The topological polar surface area (TPSA) is 46.2 Å². The first-order valence-electron chi connectivity index (χ1n) is 3.56. The van der Waals surface area contributed by atoms with Crippen LogP contribution >= 0.6 is 24.8 Å². The van der Waals surface area contributed by atoms with E-state index in [9.17, 15) is 8.42 Å². The zero-order valence-electron chi connectivity index (χ0n) is 6.91. The second kappa shape index (κ2) is 5.77. The minimum atomic E-state index is -2.80. The third-order valence-electron chi connectivity index (χ3n) is 1.22. The van der Waals surface area contributed by atoms with Gasteiger partial charge in [-0.1, -0.05) is 12.2 Å². The molecule has 0 heterocycles. The van der Waals surface area contributed by atoms with Crippen LogP contribution in [-0.4, -0.2) is 31.3 Å². The van der Waals surface area contributed by atoms with Crippen LogP contribution in [0.2, 0.25) is 0 Å². The normalized spacial score (nSPS) is 11.2. The van der Waals surface area contributed by atoms with Crippen molar-refractivity contribution in [1.29, 1.82) is 0 Å². The van der Waals surface area contributed by atoms with E-state index in [2.05, 4.69) is 30.2 Å². The number of nitrogens with one attached hydrogen (secondary N) is 1. The number of thiocarbonyl (C=S) groups is 1. The first-order chi connectivity index (χ1) is 5.42. The second-order valence-electron chi connectivity index (χ2n) is 2.57. The molecule has 0 bridgehead atoms. The molecule has 0 saturated carbocycles. The summed E-state index contributed by atoms with van der Waals surface area (Å²) in [5.74, 6) is 0.244. The Balaban J connectivity index is 3.29. The molecular weight excluding hydrogens is 214 g/mol.